The van der Waals surface area contributed by atoms with E-state index in [1.54, 1.807) is 12.1 Å². The molecule has 0 aliphatic carbocycles. The van der Waals surface area contributed by atoms with Crippen molar-refractivity contribution in [3.05, 3.63) is 28.3 Å². The van der Waals surface area contributed by atoms with Gasteiger partial charge in [-0.25, -0.2) is 0 Å². The van der Waals surface area contributed by atoms with Crippen LogP contribution in [-0.4, -0.2) is 30.7 Å². The number of nitro benzene ring substituents is 1. The lowest BCUT2D eigenvalue weighted by Crippen LogP contribution is -2.61. The van der Waals surface area contributed by atoms with Gasteiger partial charge in [0.05, 0.1) is 18.1 Å². The third-order valence-corrected chi connectivity index (χ3v) is 2.71. The first-order chi connectivity index (χ1) is 8.04. The molecular formula is C11H14N2O4. The summed E-state index contributed by atoms with van der Waals surface area (Å²) in [6, 6.07) is 4.61. The number of ether oxygens (including phenoxy) is 2. The smallest absolute Gasteiger partial charge is 0.314 e. The highest BCUT2D eigenvalue weighted by atomic mass is 16.6. The van der Waals surface area contributed by atoms with E-state index in [1.165, 1.54) is 13.2 Å². The van der Waals surface area contributed by atoms with Crippen LogP contribution in [-0.2, 0) is 0 Å². The van der Waals surface area contributed by atoms with Gasteiger partial charge in [0.25, 0.3) is 0 Å². The van der Waals surface area contributed by atoms with Crippen molar-refractivity contribution in [3.8, 4) is 11.5 Å². The molecule has 17 heavy (non-hydrogen) atoms. The zero-order valence-corrected chi connectivity index (χ0v) is 9.73. The van der Waals surface area contributed by atoms with E-state index in [9.17, 15) is 10.1 Å². The number of rotatable bonds is 4. The number of hydrogen-bond donors (Lipinski definition) is 1. The Kier molecular flexibility index (Phi) is 2.89. The number of benzene rings is 1. The number of nitro groups is 1. The van der Waals surface area contributed by atoms with E-state index < -0.39 is 4.92 Å². The van der Waals surface area contributed by atoms with E-state index in [1.807, 2.05) is 6.92 Å². The van der Waals surface area contributed by atoms with E-state index in [-0.39, 0.29) is 17.0 Å². The molecule has 0 bridgehead atoms. The van der Waals surface area contributed by atoms with Crippen molar-refractivity contribution in [1.29, 1.82) is 0 Å². The van der Waals surface area contributed by atoms with Gasteiger partial charge in [-0.3, -0.25) is 10.1 Å². The number of nitrogens with one attached hydrogen (secondary N) is 1. The molecule has 2 rings (SSSR count). The Morgan fingerprint density at radius 3 is 2.65 bits per heavy atom. The second-order valence-electron chi connectivity index (χ2n) is 4.25. The van der Waals surface area contributed by atoms with Crippen LogP contribution in [0.5, 0.6) is 11.5 Å². The van der Waals surface area contributed by atoms with Crippen LogP contribution >= 0.6 is 0 Å². The standard InChI is InChI=1S/C11H14N2O4/c1-11(6-12-7-11)17-8-3-4-10(16-2)9(5-8)13(14)15/h3-5,12H,6-7H2,1-2H3. The third-order valence-electron chi connectivity index (χ3n) is 2.71. The zero-order valence-electron chi connectivity index (χ0n) is 9.73. The fraction of sp³-hybridized carbons (Fsp3) is 0.455. The molecule has 1 saturated heterocycles. The van der Waals surface area contributed by atoms with Crippen molar-refractivity contribution in [2.24, 2.45) is 0 Å². The molecule has 92 valence electrons. The molecule has 6 heteroatoms. The first-order valence-electron chi connectivity index (χ1n) is 5.26. The van der Waals surface area contributed by atoms with Gasteiger partial charge in [0.2, 0.25) is 0 Å². The molecule has 0 radical (unpaired) electrons. The molecule has 1 aromatic carbocycles. The number of nitrogens with zero attached hydrogens (tertiary/aromatic N) is 1. The Morgan fingerprint density at radius 1 is 1.47 bits per heavy atom. The minimum Gasteiger partial charge on any atom is -0.490 e. The van der Waals surface area contributed by atoms with Crippen LogP contribution in [0.3, 0.4) is 0 Å². The molecule has 0 spiro atoms. The maximum Gasteiger partial charge on any atom is 0.314 e. The molecule has 0 unspecified atom stereocenters. The summed E-state index contributed by atoms with van der Waals surface area (Å²) in [5.41, 5.74) is -0.358. The van der Waals surface area contributed by atoms with Crippen LogP contribution in [0.2, 0.25) is 0 Å². The van der Waals surface area contributed by atoms with Crippen LogP contribution in [0.15, 0.2) is 18.2 Å². The van der Waals surface area contributed by atoms with E-state index in [0.717, 1.165) is 13.1 Å². The summed E-state index contributed by atoms with van der Waals surface area (Å²) in [5, 5.41) is 13.9. The van der Waals surface area contributed by atoms with Crippen molar-refractivity contribution in [3.63, 3.8) is 0 Å². The van der Waals surface area contributed by atoms with Gasteiger partial charge in [-0.15, -0.1) is 0 Å². The third kappa shape index (κ3) is 2.31. The van der Waals surface area contributed by atoms with Gasteiger partial charge >= 0.3 is 5.69 Å². The van der Waals surface area contributed by atoms with Crippen molar-refractivity contribution in [1.82, 2.24) is 5.32 Å². The van der Waals surface area contributed by atoms with E-state index in [0.29, 0.717) is 5.75 Å². The normalized spacial score (nSPS) is 17.1. The lowest BCUT2D eigenvalue weighted by molar-refractivity contribution is -0.385. The second kappa shape index (κ2) is 4.21. The van der Waals surface area contributed by atoms with Crippen LogP contribution in [0.1, 0.15) is 6.92 Å². The highest BCUT2D eigenvalue weighted by Gasteiger charge is 2.34. The zero-order chi connectivity index (χ0) is 12.5. The van der Waals surface area contributed by atoms with Crippen molar-refractivity contribution >= 4 is 5.69 Å². The predicted molar refractivity (Wildman–Crippen MR) is 61.6 cm³/mol. The van der Waals surface area contributed by atoms with Gasteiger partial charge in [0, 0.05) is 13.1 Å². The van der Waals surface area contributed by atoms with Crippen molar-refractivity contribution in [2.45, 2.75) is 12.5 Å². The van der Waals surface area contributed by atoms with Crippen molar-refractivity contribution in [2.75, 3.05) is 20.2 Å². The summed E-state index contributed by atoms with van der Waals surface area (Å²) in [6.45, 7) is 3.44. The molecule has 0 atom stereocenters. The van der Waals surface area contributed by atoms with Crippen LogP contribution in [0.25, 0.3) is 0 Å². The Balaban J connectivity index is 2.24. The highest BCUT2D eigenvalue weighted by Crippen LogP contribution is 2.32. The largest absolute Gasteiger partial charge is 0.490 e. The quantitative estimate of drug-likeness (QED) is 0.633. The molecule has 1 N–H and O–H groups in total. The summed E-state index contributed by atoms with van der Waals surface area (Å²) in [6.07, 6.45) is 0. The monoisotopic (exact) mass is 238 g/mol. The SMILES string of the molecule is COc1ccc(OC2(C)CNC2)cc1[N+](=O)[O-]. The van der Waals surface area contributed by atoms with Gasteiger partial charge in [-0.05, 0) is 19.1 Å². The minimum absolute atomic E-state index is 0.0825. The second-order valence-corrected chi connectivity index (χ2v) is 4.25. The average Bonchev–Trinajstić information content (AvgIpc) is 2.26. The lowest BCUT2D eigenvalue weighted by atomic mass is 10.00. The summed E-state index contributed by atoms with van der Waals surface area (Å²) < 4.78 is 10.6. The molecule has 1 aromatic rings. The van der Waals surface area contributed by atoms with E-state index in [2.05, 4.69) is 5.32 Å². The van der Waals surface area contributed by atoms with Crippen LogP contribution in [0, 0.1) is 10.1 Å². The Hall–Kier alpha value is -1.82. The molecule has 1 aliphatic rings. The fourth-order valence-corrected chi connectivity index (χ4v) is 1.71. The van der Waals surface area contributed by atoms with Crippen LogP contribution in [0.4, 0.5) is 5.69 Å². The summed E-state index contributed by atoms with van der Waals surface area (Å²) in [5.74, 6) is 0.723. The van der Waals surface area contributed by atoms with Crippen molar-refractivity contribution < 1.29 is 14.4 Å². The molecule has 1 fully saturated rings. The van der Waals surface area contributed by atoms with E-state index in [4.69, 9.17) is 9.47 Å². The number of methoxy groups -OCH3 is 1. The minimum atomic E-state index is -0.479. The Morgan fingerprint density at radius 2 is 2.18 bits per heavy atom. The average molecular weight is 238 g/mol. The molecule has 1 aliphatic heterocycles. The van der Waals surface area contributed by atoms with Gasteiger partial charge in [-0.1, -0.05) is 0 Å². The molecule has 0 saturated carbocycles. The maximum atomic E-state index is 10.8. The Labute approximate surface area is 98.7 Å². The molecule has 1 heterocycles. The number of hydrogen-bond acceptors (Lipinski definition) is 5. The van der Waals surface area contributed by atoms with E-state index >= 15 is 0 Å². The van der Waals surface area contributed by atoms with Gasteiger partial charge in [0.15, 0.2) is 5.75 Å². The molecule has 6 nitrogen and oxygen atoms in total. The predicted octanol–water partition coefficient (Wildman–Crippen LogP) is 1.34. The Bertz CT molecular complexity index is 443. The fourth-order valence-electron chi connectivity index (χ4n) is 1.71. The van der Waals surface area contributed by atoms with Gasteiger partial charge in [-0.2, -0.15) is 0 Å². The first-order valence-corrected chi connectivity index (χ1v) is 5.26. The summed E-state index contributed by atoms with van der Waals surface area (Å²) >= 11 is 0. The maximum absolute atomic E-state index is 10.8. The summed E-state index contributed by atoms with van der Waals surface area (Å²) in [4.78, 5) is 10.4. The molecule has 0 aromatic heterocycles. The molecular weight excluding hydrogens is 224 g/mol. The first kappa shape index (κ1) is 11.7. The summed E-state index contributed by atoms with van der Waals surface area (Å²) in [7, 11) is 1.40. The lowest BCUT2D eigenvalue weighted by Gasteiger charge is -2.39. The van der Waals surface area contributed by atoms with Gasteiger partial charge in [0.1, 0.15) is 11.4 Å². The molecule has 0 amide bonds. The highest BCUT2D eigenvalue weighted by molar-refractivity contribution is 5.51. The van der Waals surface area contributed by atoms with Gasteiger partial charge < -0.3 is 14.8 Å². The van der Waals surface area contributed by atoms with Crippen LogP contribution < -0.4 is 14.8 Å². The topological polar surface area (TPSA) is 73.6 Å².